The Morgan fingerprint density at radius 1 is 0.457 bits per heavy atom. The summed E-state index contributed by atoms with van der Waals surface area (Å²) in [5.41, 5.74) is 0. The van der Waals surface area contributed by atoms with E-state index in [-0.39, 0.29) is 5.75 Å². The number of hydrogen-bond donors (Lipinski definition) is 1. The molecule has 5 rings (SSSR count). The van der Waals surface area contributed by atoms with Gasteiger partial charge in [-0.05, 0) is 0 Å². The SMILES string of the molecule is Oc1cc(OP(c2ccccc2)c2ccccc2)[c]c(OP(c2ccccc2)c2ccccc2)c1. The standard InChI is InChI=1S/C30H23O3P2/c31-24-21-25(32-34(27-13-5-1-6-14-27)28-15-7-2-8-16-28)23-26(22-24)33-35(29-17-9-3-10-18-29)30-19-11-4-12-20-30/h1-22,31H. The molecule has 0 aliphatic rings. The summed E-state index contributed by atoms with van der Waals surface area (Å²) in [7, 11) is -2.31. The molecule has 0 atom stereocenters. The van der Waals surface area contributed by atoms with E-state index < -0.39 is 16.3 Å². The third-order valence-electron chi connectivity index (χ3n) is 5.15. The van der Waals surface area contributed by atoms with Crippen molar-refractivity contribution in [2.24, 2.45) is 0 Å². The van der Waals surface area contributed by atoms with Crippen LogP contribution in [-0.2, 0) is 0 Å². The van der Waals surface area contributed by atoms with Crippen LogP contribution in [0, 0.1) is 6.07 Å². The minimum Gasteiger partial charge on any atom is -0.508 e. The van der Waals surface area contributed by atoms with Crippen LogP contribution in [0.15, 0.2) is 133 Å². The fourth-order valence-electron chi connectivity index (χ4n) is 3.56. The Bertz CT molecular complexity index is 1170. The van der Waals surface area contributed by atoms with E-state index in [2.05, 4.69) is 54.6 Å². The predicted molar refractivity (Wildman–Crippen MR) is 146 cm³/mol. The van der Waals surface area contributed by atoms with E-state index in [1.54, 1.807) is 12.1 Å². The summed E-state index contributed by atoms with van der Waals surface area (Å²) < 4.78 is 13.0. The van der Waals surface area contributed by atoms with E-state index in [9.17, 15) is 5.11 Å². The zero-order valence-electron chi connectivity index (χ0n) is 18.9. The van der Waals surface area contributed by atoms with E-state index in [1.165, 1.54) is 0 Å². The Labute approximate surface area is 208 Å². The fourth-order valence-corrected chi connectivity index (χ4v) is 6.94. The highest BCUT2D eigenvalue weighted by Gasteiger charge is 2.20. The molecular formula is C30H23O3P2. The highest BCUT2D eigenvalue weighted by atomic mass is 31.1. The summed E-state index contributed by atoms with van der Waals surface area (Å²) in [5, 5.41) is 14.8. The van der Waals surface area contributed by atoms with Crippen LogP contribution < -0.4 is 30.3 Å². The van der Waals surface area contributed by atoms with Gasteiger partial charge in [0.05, 0.1) is 6.07 Å². The number of rotatable bonds is 8. The molecule has 0 heterocycles. The first-order chi connectivity index (χ1) is 17.3. The van der Waals surface area contributed by atoms with Crippen LogP contribution in [-0.4, -0.2) is 5.11 Å². The quantitative estimate of drug-likeness (QED) is 0.268. The highest BCUT2D eigenvalue weighted by Crippen LogP contribution is 2.42. The average molecular weight is 493 g/mol. The summed E-state index contributed by atoms with van der Waals surface area (Å²) in [6.07, 6.45) is 0. The molecule has 0 aliphatic carbocycles. The third-order valence-corrected chi connectivity index (χ3v) is 8.97. The van der Waals surface area contributed by atoms with Gasteiger partial charge in [0.15, 0.2) is 16.3 Å². The van der Waals surface area contributed by atoms with Crippen molar-refractivity contribution in [3.63, 3.8) is 0 Å². The lowest BCUT2D eigenvalue weighted by Gasteiger charge is -2.22. The Morgan fingerprint density at radius 2 is 0.743 bits per heavy atom. The van der Waals surface area contributed by atoms with Gasteiger partial charge in [-0.25, -0.2) is 0 Å². The van der Waals surface area contributed by atoms with Crippen LogP contribution in [0.5, 0.6) is 17.2 Å². The zero-order valence-corrected chi connectivity index (χ0v) is 20.6. The van der Waals surface area contributed by atoms with Crippen molar-refractivity contribution in [1.29, 1.82) is 0 Å². The minimum absolute atomic E-state index is 0.0703. The lowest BCUT2D eigenvalue weighted by molar-refractivity contribution is 0.467. The molecule has 0 bridgehead atoms. The van der Waals surface area contributed by atoms with E-state index in [0.717, 1.165) is 21.2 Å². The summed E-state index contributed by atoms with van der Waals surface area (Å²) in [4.78, 5) is 0. The molecule has 0 fully saturated rings. The maximum absolute atomic E-state index is 10.5. The Morgan fingerprint density at radius 3 is 1.03 bits per heavy atom. The third kappa shape index (κ3) is 5.89. The predicted octanol–water partition coefficient (Wildman–Crippen LogP) is 6.05. The molecule has 0 saturated heterocycles. The van der Waals surface area contributed by atoms with Crippen molar-refractivity contribution in [2.45, 2.75) is 0 Å². The van der Waals surface area contributed by atoms with Crippen LogP contribution >= 0.6 is 16.3 Å². The van der Waals surface area contributed by atoms with Gasteiger partial charge in [0.1, 0.15) is 17.2 Å². The van der Waals surface area contributed by atoms with Crippen molar-refractivity contribution < 1.29 is 14.2 Å². The van der Waals surface area contributed by atoms with Crippen LogP contribution in [0.3, 0.4) is 0 Å². The van der Waals surface area contributed by atoms with Crippen molar-refractivity contribution in [3.8, 4) is 17.2 Å². The van der Waals surface area contributed by atoms with Gasteiger partial charge in [0.2, 0.25) is 0 Å². The maximum atomic E-state index is 10.5. The zero-order chi connectivity index (χ0) is 23.9. The van der Waals surface area contributed by atoms with E-state index in [0.29, 0.717) is 11.5 Å². The number of aromatic hydroxyl groups is 1. The number of benzene rings is 5. The van der Waals surface area contributed by atoms with Gasteiger partial charge in [-0.1, -0.05) is 121 Å². The molecule has 0 aliphatic heterocycles. The van der Waals surface area contributed by atoms with Crippen LogP contribution in [0.4, 0.5) is 0 Å². The van der Waals surface area contributed by atoms with Gasteiger partial charge >= 0.3 is 0 Å². The molecule has 0 spiro atoms. The van der Waals surface area contributed by atoms with Gasteiger partial charge in [0.25, 0.3) is 0 Å². The van der Waals surface area contributed by atoms with E-state index in [4.69, 9.17) is 9.05 Å². The van der Waals surface area contributed by atoms with Gasteiger partial charge in [0, 0.05) is 33.4 Å². The molecule has 3 nitrogen and oxygen atoms in total. The number of hydrogen-bond acceptors (Lipinski definition) is 3. The Kier molecular flexibility index (Phi) is 7.39. The molecule has 1 N–H and O–H groups in total. The second-order valence-electron chi connectivity index (χ2n) is 7.68. The van der Waals surface area contributed by atoms with Crippen molar-refractivity contribution >= 4 is 37.5 Å². The number of phenolic OH excluding ortho intramolecular Hbond substituents is 1. The summed E-state index contributed by atoms with van der Waals surface area (Å²) in [6.45, 7) is 0. The molecule has 0 aromatic heterocycles. The maximum Gasteiger partial charge on any atom is 0.150 e. The van der Waals surface area contributed by atoms with Crippen LogP contribution in [0.25, 0.3) is 0 Å². The summed E-state index contributed by atoms with van der Waals surface area (Å²) >= 11 is 0. The van der Waals surface area contributed by atoms with Crippen LogP contribution in [0.1, 0.15) is 0 Å². The molecule has 171 valence electrons. The molecule has 0 unspecified atom stereocenters. The van der Waals surface area contributed by atoms with Crippen molar-refractivity contribution in [2.75, 3.05) is 0 Å². The molecule has 5 aromatic rings. The molecule has 0 saturated carbocycles. The monoisotopic (exact) mass is 493 g/mol. The fraction of sp³-hybridized carbons (Fsp3) is 0. The second kappa shape index (κ2) is 11.2. The van der Waals surface area contributed by atoms with Crippen molar-refractivity contribution in [3.05, 3.63) is 140 Å². The molecular weight excluding hydrogens is 470 g/mol. The Balaban J connectivity index is 1.48. The normalized spacial score (nSPS) is 10.9. The van der Waals surface area contributed by atoms with Crippen molar-refractivity contribution in [1.82, 2.24) is 0 Å². The molecule has 5 aromatic carbocycles. The van der Waals surface area contributed by atoms with Gasteiger partial charge in [-0.3, -0.25) is 0 Å². The summed E-state index contributed by atoms with van der Waals surface area (Å²) in [6, 6.07) is 46.9. The van der Waals surface area contributed by atoms with E-state index in [1.807, 2.05) is 72.8 Å². The summed E-state index contributed by atoms with van der Waals surface area (Å²) in [5.74, 6) is 0.950. The molecule has 5 heteroatoms. The lowest BCUT2D eigenvalue weighted by Crippen LogP contribution is -2.16. The average Bonchev–Trinajstić information content (AvgIpc) is 2.92. The van der Waals surface area contributed by atoms with Gasteiger partial charge in [-0.15, -0.1) is 0 Å². The van der Waals surface area contributed by atoms with Crippen LogP contribution in [0.2, 0.25) is 0 Å². The second-order valence-corrected chi connectivity index (χ2v) is 11.3. The smallest absolute Gasteiger partial charge is 0.150 e. The lowest BCUT2D eigenvalue weighted by atomic mass is 10.3. The Hall–Kier alpha value is -3.64. The largest absolute Gasteiger partial charge is 0.508 e. The first-order valence-electron chi connectivity index (χ1n) is 11.2. The molecule has 35 heavy (non-hydrogen) atoms. The molecule has 0 amide bonds. The van der Waals surface area contributed by atoms with Gasteiger partial charge in [-0.2, -0.15) is 0 Å². The first-order valence-corrected chi connectivity index (χ1v) is 13.7. The van der Waals surface area contributed by atoms with Gasteiger partial charge < -0.3 is 14.2 Å². The minimum atomic E-state index is -1.15. The van der Waals surface area contributed by atoms with E-state index >= 15 is 0 Å². The highest BCUT2D eigenvalue weighted by molar-refractivity contribution is 7.69. The first kappa shape index (κ1) is 23.1. The topological polar surface area (TPSA) is 38.7 Å². The number of phenols is 1. The molecule has 1 radical (unpaired) electrons.